The van der Waals surface area contributed by atoms with E-state index in [0.717, 1.165) is 12.5 Å². The number of nitrogens with zero attached hydrogens (tertiary/aromatic N) is 2. The van der Waals surface area contributed by atoms with E-state index in [-0.39, 0.29) is 0 Å². The number of carboxylic acids is 2. The molecule has 6 nitrogen and oxygen atoms in total. The summed E-state index contributed by atoms with van der Waals surface area (Å²) in [5, 5.41) is 14.2. The standard InChI is InChI=1S/C19H24N2.2C2HF3O2/c1-16-19(8-5-11-20-16)15-21-12-9-18(10-13-21)14-17-6-3-2-4-7-17;2*3-2(4,5)1(6)7/h2-8,11,18H,9-10,12-15H2,1H3;2*(H,6,7). The van der Waals surface area contributed by atoms with Crippen molar-refractivity contribution in [2.75, 3.05) is 13.1 Å². The van der Waals surface area contributed by atoms with Crippen molar-refractivity contribution in [2.24, 2.45) is 5.92 Å². The molecule has 0 radical (unpaired) electrons. The number of pyridine rings is 1. The van der Waals surface area contributed by atoms with Crippen molar-refractivity contribution in [1.82, 2.24) is 9.88 Å². The van der Waals surface area contributed by atoms with Gasteiger partial charge in [0.1, 0.15) is 0 Å². The highest BCUT2D eigenvalue weighted by Crippen LogP contribution is 2.23. The molecule has 12 heteroatoms. The van der Waals surface area contributed by atoms with Crippen molar-refractivity contribution in [3.05, 3.63) is 65.5 Å². The maximum atomic E-state index is 10.6. The van der Waals surface area contributed by atoms with E-state index in [2.05, 4.69) is 53.2 Å². The number of piperidine rings is 1. The van der Waals surface area contributed by atoms with E-state index in [0.29, 0.717) is 0 Å². The number of carboxylic acid groups (broad SMARTS) is 2. The minimum Gasteiger partial charge on any atom is -0.475 e. The van der Waals surface area contributed by atoms with Gasteiger partial charge >= 0.3 is 24.3 Å². The molecule has 1 saturated heterocycles. The number of aryl methyl sites for hydroxylation is 1. The summed E-state index contributed by atoms with van der Waals surface area (Å²) in [6.45, 7) is 5.59. The first-order valence-corrected chi connectivity index (χ1v) is 10.5. The molecule has 2 heterocycles. The molecular weight excluding hydrogens is 482 g/mol. The molecule has 0 spiro atoms. The Morgan fingerprint density at radius 1 is 0.914 bits per heavy atom. The Balaban J connectivity index is 0.000000362. The molecule has 1 aliphatic rings. The van der Waals surface area contributed by atoms with E-state index in [9.17, 15) is 26.3 Å². The number of alkyl halides is 6. The molecule has 0 unspecified atom stereocenters. The minimum atomic E-state index is -5.08. The number of rotatable bonds is 4. The van der Waals surface area contributed by atoms with Gasteiger partial charge in [-0.15, -0.1) is 0 Å². The van der Waals surface area contributed by atoms with Crippen LogP contribution in [-0.4, -0.2) is 57.5 Å². The zero-order chi connectivity index (χ0) is 26.6. The van der Waals surface area contributed by atoms with Crippen LogP contribution in [0.15, 0.2) is 48.7 Å². The predicted octanol–water partition coefficient (Wildman–Crippen LogP) is 5.11. The molecule has 3 rings (SSSR count). The van der Waals surface area contributed by atoms with Crippen LogP contribution in [0.1, 0.15) is 29.7 Å². The van der Waals surface area contributed by atoms with E-state index in [1.54, 1.807) is 0 Å². The zero-order valence-corrected chi connectivity index (χ0v) is 18.8. The van der Waals surface area contributed by atoms with Crippen molar-refractivity contribution >= 4 is 11.9 Å². The SMILES string of the molecule is Cc1ncccc1CN1CCC(Cc2ccccc2)CC1.O=C(O)C(F)(F)F.O=C(O)C(F)(F)F. The highest BCUT2D eigenvalue weighted by molar-refractivity contribution is 5.73. The van der Waals surface area contributed by atoms with E-state index < -0.39 is 24.3 Å². The van der Waals surface area contributed by atoms with Gasteiger partial charge in [0.05, 0.1) is 0 Å². The van der Waals surface area contributed by atoms with Crippen LogP contribution < -0.4 is 0 Å². The Hall–Kier alpha value is -3.15. The number of aliphatic carboxylic acids is 2. The van der Waals surface area contributed by atoms with Crippen molar-refractivity contribution in [1.29, 1.82) is 0 Å². The maximum Gasteiger partial charge on any atom is 0.490 e. The molecule has 1 fully saturated rings. The number of benzene rings is 1. The first-order chi connectivity index (χ1) is 16.2. The first-order valence-electron chi connectivity index (χ1n) is 10.5. The molecule has 2 N–H and O–H groups in total. The van der Waals surface area contributed by atoms with Crippen molar-refractivity contribution in [3.8, 4) is 0 Å². The molecule has 1 aromatic heterocycles. The van der Waals surface area contributed by atoms with Gasteiger partial charge in [0.15, 0.2) is 0 Å². The smallest absolute Gasteiger partial charge is 0.475 e. The maximum absolute atomic E-state index is 10.6. The summed E-state index contributed by atoms with van der Waals surface area (Å²) < 4.78 is 63.5. The molecule has 0 amide bonds. The Morgan fingerprint density at radius 2 is 1.40 bits per heavy atom. The van der Waals surface area contributed by atoms with Crippen LogP contribution >= 0.6 is 0 Å². The number of likely N-dealkylation sites (tertiary alicyclic amines) is 1. The van der Waals surface area contributed by atoms with E-state index >= 15 is 0 Å². The van der Waals surface area contributed by atoms with Gasteiger partial charge in [-0.05, 0) is 62.4 Å². The largest absolute Gasteiger partial charge is 0.490 e. The van der Waals surface area contributed by atoms with Crippen LogP contribution in [0.5, 0.6) is 0 Å². The molecule has 0 saturated carbocycles. The van der Waals surface area contributed by atoms with Gasteiger partial charge in [-0.1, -0.05) is 36.4 Å². The lowest BCUT2D eigenvalue weighted by atomic mass is 9.90. The van der Waals surface area contributed by atoms with Crippen LogP contribution in [0.25, 0.3) is 0 Å². The molecule has 2 aromatic rings. The molecule has 1 aliphatic heterocycles. The Bertz CT molecular complexity index is 904. The number of halogens is 6. The van der Waals surface area contributed by atoms with E-state index in [4.69, 9.17) is 19.8 Å². The van der Waals surface area contributed by atoms with Gasteiger partial charge in [0.2, 0.25) is 0 Å². The monoisotopic (exact) mass is 508 g/mol. The number of carbonyl (C=O) groups is 2. The fourth-order valence-electron chi connectivity index (χ4n) is 3.22. The first kappa shape index (κ1) is 29.9. The molecular formula is C23H26F6N2O4. The van der Waals surface area contributed by atoms with Gasteiger partial charge < -0.3 is 10.2 Å². The van der Waals surface area contributed by atoms with Crippen molar-refractivity contribution in [3.63, 3.8) is 0 Å². The van der Waals surface area contributed by atoms with E-state index in [1.807, 2.05) is 12.3 Å². The van der Waals surface area contributed by atoms with Gasteiger partial charge in [-0.25, -0.2) is 9.59 Å². The zero-order valence-electron chi connectivity index (χ0n) is 18.8. The topological polar surface area (TPSA) is 90.7 Å². The highest BCUT2D eigenvalue weighted by atomic mass is 19.4. The minimum absolute atomic E-state index is 0.846. The van der Waals surface area contributed by atoms with Crippen molar-refractivity contribution in [2.45, 2.75) is 45.1 Å². The quantitative estimate of drug-likeness (QED) is 0.558. The van der Waals surface area contributed by atoms with Crippen LogP contribution in [0.2, 0.25) is 0 Å². The summed E-state index contributed by atoms with van der Waals surface area (Å²) in [6.07, 6.45) is -4.42. The summed E-state index contributed by atoms with van der Waals surface area (Å²) in [5.41, 5.74) is 4.03. The Labute approximate surface area is 198 Å². The number of hydrogen-bond acceptors (Lipinski definition) is 4. The number of aromatic nitrogens is 1. The lowest BCUT2D eigenvalue weighted by Crippen LogP contribution is -2.34. The normalized spacial score (nSPS) is 14.7. The van der Waals surface area contributed by atoms with Gasteiger partial charge in [-0.2, -0.15) is 26.3 Å². The molecule has 0 bridgehead atoms. The average Bonchev–Trinajstić information content (AvgIpc) is 2.77. The molecule has 0 atom stereocenters. The third kappa shape index (κ3) is 12.2. The fraction of sp³-hybridized carbons (Fsp3) is 0.435. The molecule has 1 aromatic carbocycles. The lowest BCUT2D eigenvalue weighted by molar-refractivity contribution is -0.193. The van der Waals surface area contributed by atoms with Crippen LogP contribution in [-0.2, 0) is 22.6 Å². The third-order valence-electron chi connectivity index (χ3n) is 5.07. The lowest BCUT2D eigenvalue weighted by Gasteiger charge is -2.32. The van der Waals surface area contributed by atoms with Gasteiger partial charge in [0, 0.05) is 18.4 Å². The fourth-order valence-corrected chi connectivity index (χ4v) is 3.22. The van der Waals surface area contributed by atoms with Crippen molar-refractivity contribution < 1.29 is 46.1 Å². The Morgan fingerprint density at radius 3 is 1.83 bits per heavy atom. The van der Waals surface area contributed by atoms with Gasteiger partial charge in [0.25, 0.3) is 0 Å². The van der Waals surface area contributed by atoms with E-state index in [1.165, 1.54) is 49.2 Å². The summed E-state index contributed by atoms with van der Waals surface area (Å²) in [6, 6.07) is 15.2. The third-order valence-corrected chi connectivity index (χ3v) is 5.07. The van der Waals surface area contributed by atoms with Crippen LogP contribution in [0.4, 0.5) is 26.3 Å². The Kier molecular flexibility index (Phi) is 11.7. The second-order valence-corrected chi connectivity index (χ2v) is 7.76. The number of hydrogen-bond donors (Lipinski definition) is 2. The summed E-state index contributed by atoms with van der Waals surface area (Å²) in [4.78, 5) is 24.8. The highest BCUT2D eigenvalue weighted by Gasteiger charge is 2.38. The predicted molar refractivity (Wildman–Crippen MR) is 115 cm³/mol. The molecule has 0 aliphatic carbocycles. The molecule has 194 valence electrons. The van der Waals surface area contributed by atoms with Gasteiger partial charge in [-0.3, -0.25) is 9.88 Å². The summed E-state index contributed by atoms with van der Waals surface area (Å²) >= 11 is 0. The van der Waals surface area contributed by atoms with Crippen LogP contribution in [0.3, 0.4) is 0 Å². The summed E-state index contributed by atoms with van der Waals surface area (Å²) in [7, 11) is 0. The summed E-state index contributed by atoms with van der Waals surface area (Å²) in [5.74, 6) is -4.67. The molecule has 35 heavy (non-hydrogen) atoms. The second-order valence-electron chi connectivity index (χ2n) is 7.76. The second kappa shape index (κ2) is 13.7. The van der Waals surface area contributed by atoms with Crippen LogP contribution in [0, 0.1) is 12.8 Å². The average molecular weight is 508 g/mol.